The van der Waals surface area contributed by atoms with Crippen LogP contribution in [0.4, 0.5) is 4.79 Å². The molecule has 71 heavy (non-hydrogen) atoms. The SMILES string of the molecule is C[C@@H](NC(=O)[C@H](CS)N1C(=O)N[C@H](C)C1=O)C(=O)N[C@@H](Cc1cnc[nH]1)C(=O)N[C@H](Cc1ccccc1)C(=O)N[C@@H](CCCN=C(N)N)C(=O)N[C@@H](Cc1c[nH]c2ccccc12)C(=O)N[C@@H](CS)C(N)=O. The van der Waals surface area contributed by atoms with E-state index >= 15 is 0 Å². The van der Waals surface area contributed by atoms with Crippen molar-refractivity contribution in [1.29, 1.82) is 0 Å². The van der Waals surface area contributed by atoms with Crippen molar-refractivity contribution >= 4 is 95.4 Å². The lowest BCUT2D eigenvalue weighted by atomic mass is 10.0. The summed E-state index contributed by atoms with van der Waals surface area (Å²) >= 11 is 8.30. The van der Waals surface area contributed by atoms with Crippen molar-refractivity contribution in [3.8, 4) is 0 Å². The fourth-order valence-corrected chi connectivity index (χ4v) is 8.16. The lowest BCUT2D eigenvalue weighted by molar-refractivity contribution is -0.137. The molecule has 0 saturated carbocycles. The first-order valence-corrected chi connectivity index (χ1v) is 23.7. The molecule has 0 radical (unpaired) electrons. The number of para-hydroxylation sites is 1. The molecule has 1 aliphatic heterocycles. The highest BCUT2D eigenvalue weighted by molar-refractivity contribution is 7.80. The number of benzene rings is 2. The summed E-state index contributed by atoms with van der Waals surface area (Å²) in [7, 11) is 0. The normalized spacial score (nSPS) is 16.2. The number of H-pyrrole nitrogens is 2. The molecule has 1 fully saturated rings. The third-order valence-corrected chi connectivity index (χ3v) is 12.1. The van der Waals surface area contributed by atoms with Gasteiger partial charge in [0.25, 0.3) is 5.91 Å². The van der Waals surface area contributed by atoms with Crippen molar-refractivity contribution < 1.29 is 43.2 Å². The van der Waals surface area contributed by atoms with Crippen molar-refractivity contribution in [2.45, 2.75) is 94.3 Å². The first-order chi connectivity index (χ1) is 33.9. The maximum absolute atomic E-state index is 14.5. The number of fused-ring (bicyclic) bond motifs is 1. The molecule has 5 rings (SSSR count). The zero-order chi connectivity index (χ0) is 51.8. The third-order valence-electron chi connectivity index (χ3n) is 11.4. The number of amides is 10. The molecule has 15 N–H and O–H groups in total. The highest BCUT2D eigenvalue weighted by Crippen LogP contribution is 2.20. The van der Waals surface area contributed by atoms with Gasteiger partial charge in [0.2, 0.25) is 41.4 Å². The van der Waals surface area contributed by atoms with Gasteiger partial charge < -0.3 is 64.4 Å². The van der Waals surface area contributed by atoms with Crippen LogP contribution in [0.1, 0.15) is 43.5 Å². The first-order valence-electron chi connectivity index (χ1n) is 22.5. The molecule has 1 saturated heterocycles. The number of hydrogen-bond acceptors (Lipinski definition) is 13. The molecule has 3 heterocycles. The minimum atomic E-state index is -1.40. The predicted molar refractivity (Wildman–Crippen MR) is 267 cm³/mol. The van der Waals surface area contributed by atoms with Gasteiger partial charge in [-0.2, -0.15) is 25.3 Å². The highest BCUT2D eigenvalue weighted by atomic mass is 32.1. The van der Waals surface area contributed by atoms with Crippen LogP contribution in [0.3, 0.4) is 0 Å². The van der Waals surface area contributed by atoms with Crippen molar-refractivity contribution in [3.05, 3.63) is 90.1 Å². The number of nitrogens with two attached hydrogens (primary N) is 3. The maximum atomic E-state index is 14.5. The van der Waals surface area contributed by atoms with E-state index in [1.807, 2.05) is 24.3 Å². The van der Waals surface area contributed by atoms with E-state index in [1.165, 1.54) is 26.4 Å². The number of aromatic amines is 2. The van der Waals surface area contributed by atoms with Crippen LogP contribution in [-0.2, 0) is 57.6 Å². The summed E-state index contributed by atoms with van der Waals surface area (Å²) in [5, 5.41) is 19.0. The number of imidazole rings is 1. The van der Waals surface area contributed by atoms with Gasteiger partial charge in [-0.15, -0.1) is 0 Å². The Hall–Kier alpha value is -7.61. The summed E-state index contributed by atoms with van der Waals surface area (Å²) < 4.78 is 0. The molecular weight excluding hydrogens is 959 g/mol. The fourth-order valence-electron chi connectivity index (χ4n) is 7.56. The lowest BCUT2D eigenvalue weighted by Crippen LogP contribution is -2.60. The number of imide groups is 1. The van der Waals surface area contributed by atoms with Gasteiger partial charge in [0.1, 0.15) is 48.3 Å². The van der Waals surface area contributed by atoms with Gasteiger partial charge >= 0.3 is 6.03 Å². The standard InChI is InChI=1S/C45H59N15O9S2/c1-23(53-42(67)35(21-71)60-43(68)24(2)54-45(60)69)37(62)56-33(17-27-19-49-22-52-27)41(66)57-31(15-25-9-4-3-5-10-25)39(64)55-30(13-8-14-50-44(47)48)38(63)58-32(40(65)59-34(20-70)36(46)61)16-26-18-51-29-12-7-6-11-28(26)29/h3-7,9-12,18-19,22-24,30-35,51,70-71H,8,13-17,20-21H2,1-2H3,(H2,46,61)(H,49,52)(H,53,67)(H,54,69)(H,55,64)(H,56,62)(H,57,66)(H,58,63)(H,59,65)(H4,47,48,50)/t23-,24-,30+,31-,32+,33+,34+,35+/m1/s1. The number of thiol groups is 2. The largest absolute Gasteiger partial charge is 0.370 e. The zero-order valence-electron chi connectivity index (χ0n) is 38.8. The van der Waals surface area contributed by atoms with Crippen LogP contribution in [0, 0.1) is 0 Å². The third kappa shape index (κ3) is 15.2. The van der Waals surface area contributed by atoms with Gasteiger partial charge in [0.15, 0.2) is 5.96 Å². The molecule has 0 spiro atoms. The number of aromatic nitrogens is 3. The highest BCUT2D eigenvalue weighted by Gasteiger charge is 2.43. The van der Waals surface area contributed by atoms with Crippen LogP contribution in [-0.4, -0.2) is 145 Å². The van der Waals surface area contributed by atoms with E-state index in [4.69, 9.17) is 17.2 Å². The Morgan fingerprint density at radius 1 is 0.718 bits per heavy atom. The molecule has 4 aromatic rings. The fraction of sp³-hybridized carbons (Fsp3) is 0.400. The number of carbonyl (C=O) groups is 9. The minimum Gasteiger partial charge on any atom is -0.370 e. The second-order valence-corrected chi connectivity index (χ2v) is 17.4. The van der Waals surface area contributed by atoms with E-state index in [0.717, 1.165) is 15.8 Å². The quantitative estimate of drug-likeness (QED) is 0.0103. The number of rotatable bonds is 26. The van der Waals surface area contributed by atoms with E-state index in [0.29, 0.717) is 16.8 Å². The smallest absolute Gasteiger partial charge is 0.325 e. The summed E-state index contributed by atoms with van der Waals surface area (Å²) in [4.78, 5) is 136. The number of hydrogen-bond donors (Lipinski definition) is 14. The first kappa shape index (κ1) is 54.3. The molecule has 0 unspecified atom stereocenters. The molecule has 1 aliphatic rings. The Morgan fingerprint density at radius 2 is 1.31 bits per heavy atom. The molecule has 10 amide bonds. The number of nitrogens with zero attached hydrogens (tertiary/aromatic N) is 3. The van der Waals surface area contributed by atoms with Crippen LogP contribution >= 0.6 is 25.3 Å². The Morgan fingerprint density at radius 3 is 1.90 bits per heavy atom. The molecule has 380 valence electrons. The van der Waals surface area contributed by atoms with E-state index in [-0.39, 0.29) is 56.1 Å². The molecule has 0 aliphatic carbocycles. The molecule has 2 aromatic carbocycles. The van der Waals surface area contributed by atoms with Crippen LogP contribution in [0.5, 0.6) is 0 Å². The number of aliphatic imine (C=N–C) groups is 1. The molecule has 8 atom stereocenters. The van der Waals surface area contributed by atoms with E-state index in [2.05, 4.69) is 82.4 Å². The molecular formula is C45H59N15O9S2. The topological polar surface area (TPSA) is 376 Å². The second-order valence-electron chi connectivity index (χ2n) is 16.7. The average molecular weight is 1020 g/mol. The molecule has 2 aromatic heterocycles. The number of urea groups is 1. The van der Waals surface area contributed by atoms with Crippen LogP contribution in [0.2, 0.25) is 0 Å². The molecule has 0 bridgehead atoms. The van der Waals surface area contributed by atoms with Gasteiger partial charge in [0.05, 0.1) is 6.33 Å². The number of primary amides is 1. The monoisotopic (exact) mass is 1020 g/mol. The lowest BCUT2D eigenvalue weighted by Gasteiger charge is -2.28. The number of nitrogens with one attached hydrogen (secondary N) is 9. The van der Waals surface area contributed by atoms with Crippen LogP contribution in [0.25, 0.3) is 10.9 Å². The Labute approximate surface area is 418 Å². The van der Waals surface area contributed by atoms with Crippen molar-refractivity contribution in [3.63, 3.8) is 0 Å². The molecule has 26 heteroatoms. The second kappa shape index (κ2) is 25.8. The Kier molecular flexibility index (Phi) is 19.8. The van der Waals surface area contributed by atoms with Crippen molar-refractivity contribution in [2.24, 2.45) is 22.2 Å². The summed E-state index contributed by atoms with van der Waals surface area (Å²) in [6, 6.07) is 4.95. The Bertz CT molecular complexity index is 2580. The van der Waals surface area contributed by atoms with Gasteiger partial charge in [0, 0.05) is 66.3 Å². The van der Waals surface area contributed by atoms with Crippen molar-refractivity contribution in [1.82, 2.24) is 57.1 Å². The minimum absolute atomic E-state index is 0.0573. The summed E-state index contributed by atoms with van der Waals surface area (Å²) in [6.45, 7) is 2.84. The van der Waals surface area contributed by atoms with E-state index in [1.54, 1.807) is 36.5 Å². The average Bonchev–Trinajstić information content (AvgIpc) is 4.07. The predicted octanol–water partition coefficient (Wildman–Crippen LogP) is -2.45. The van der Waals surface area contributed by atoms with Crippen LogP contribution < -0.4 is 54.4 Å². The summed E-state index contributed by atoms with van der Waals surface area (Å²) in [5.74, 6) is -7.03. The van der Waals surface area contributed by atoms with Crippen LogP contribution in [0.15, 0.2) is 78.3 Å². The van der Waals surface area contributed by atoms with E-state index < -0.39 is 102 Å². The van der Waals surface area contributed by atoms with Gasteiger partial charge in [-0.3, -0.25) is 43.3 Å². The Balaban J connectivity index is 1.40. The van der Waals surface area contributed by atoms with Crippen molar-refractivity contribution in [2.75, 3.05) is 18.1 Å². The summed E-state index contributed by atoms with van der Waals surface area (Å²) in [5.41, 5.74) is 19.0. The van der Waals surface area contributed by atoms with Gasteiger partial charge in [-0.25, -0.2) is 14.7 Å². The van der Waals surface area contributed by atoms with Gasteiger partial charge in [-0.05, 0) is 43.9 Å². The maximum Gasteiger partial charge on any atom is 0.325 e. The number of guanidine groups is 1. The summed E-state index contributed by atoms with van der Waals surface area (Å²) in [6.07, 6.45) is 4.24. The van der Waals surface area contributed by atoms with Gasteiger partial charge in [-0.1, -0.05) is 48.5 Å². The number of carbonyl (C=O) groups excluding carboxylic acids is 9. The molecule has 24 nitrogen and oxygen atoms in total. The zero-order valence-corrected chi connectivity index (χ0v) is 40.6. The van der Waals surface area contributed by atoms with E-state index in [9.17, 15) is 43.2 Å².